The molecule has 4 heteroatoms. The normalized spacial score (nSPS) is 0. The molecule has 0 aliphatic carbocycles. The maximum absolute atomic E-state index is 0. The molecule has 0 saturated heterocycles. The Balaban J connectivity index is 0. The fraction of sp³-hybridized carbons (Fsp3) is 0. The summed E-state index contributed by atoms with van der Waals surface area (Å²) < 4.78 is 0. The Morgan fingerprint density at radius 3 is 1.00 bits per heavy atom. The van der Waals surface area contributed by atoms with E-state index in [4.69, 9.17) is 0 Å². The number of rotatable bonds is 0. The van der Waals surface area contributed by atoms with Crippen LogP contribution in [0.25, 0.3) is 0 Å². The second-order valence-electron chi connectivity index (χ2n) is 0. The Hall–Kier alpha value is 2.14. The minimum atomic E-state index is 0. The molecule has 0 amide bonds. The van der Waals surface area contributed by atoms with Crippen molar-refractivity contribution in [3.05, 3.63) is 0 Å². The zero-order valence-electron chi connectivity index (χ0n) is 2.06. The quantitative estimate of drug-likeness (QED) is 0.442. The molecule has 25 valence electrons. The maximum atomic E-state index is 0. The predicted molar refractivity (Wildman–Crippen MR) is 5.75 cm³/mol. The predicted octanol–water partition coefficient (Wildman–Crippen LogP) is -0.388. The van der Waals surface area contributed by atoms with Crippen LogP contribution in [-0.2, 0) is 50.9 Å². The summed E-state index contributed by atoms with van der Waals surface area (Å²) >= 11 is 0. The van der Waals surface area contributed by atoms with E-state index in [9.17, 15) is 0 Å². The molecule has 0 N–H and O–H groups in total. The van der Waals surface area contributed by atoms with Crippen molar-refractivity contribution in [3.63, 3.8) is 0 Å². The van der Waals surface area contributed by atoms with E-state index in [2.05, 4.69) is 0 Å². The van der Waals surface area contributed by atoms with Crippen LogP contribution < -0.4 is 0 Å². The molecule has 0 atom stereocenters. The third kappa shape index (κ3) is 8.91. The molecular weight excluding hydrogens is 177 g/mol. The Bertz CT molecular complexity index is 8.00. The summed E-state index contributed by atoms with van der Waals surface area (Å²) in [6.07, 6.45) is 0. The van der Waals surface area contributed by atoms with Crippen molar-refractivity contribution in [1.82, 2.24) is 0 Å². The van der Waals surface area contributed by atoms with Crippen molar-refractivity contribution in [2.75, 3.05) is 0 Å². The molecule has 0 aliphatic rings. The molecule has 0 unspecified atom stereocenters. The summed E-state index contributed by atoms with van der Waals surface area (Å²) in [5, 5.41) is 0. The Labute approximate surface area is 69.2 Å². The standard InChI is InChI=1S/Co.Fe.Li.Mn. The summed E-state index contributed by atoms with van der Waals surface area (Å²) in [6.45, 7) is 0. The van der Waals surface area contributed by atoms with Gasteiger partial charge >= 0.3 is 0 Å². The molecule has 0 bridgehead atoms. The second kappa shape index (κ2) is 19.2. The van der Waals surface area contributed by atoms with Gasteiger partial charge in [0.05, 0.1) is 0 Å². The number of hydrogen-bond donors (Lipinski definition) is 0. The molecule has 0 nitrogen and oxygen atoms in total. The Kier molecular flexibility index (Phi) is 170. The first kappa shape index (κ1) is 35.4. The van der Waals surface area contributed by atoms with E-state index in [1.54, 1.807) is 0 Å². The third-order valence-electron chi connectivity index (χ3n) is 0. The molecule has 0 rings (SSSR count). The van der Waals surface area contributed by atoms with Gasteiger partial charge in [-0.05, 0) is 0 Å². The largest absolute Gasteiger partial charge is 0 e. The van der Waals surface area contributed by atoms with Gasteiger partial charge in [-0.1, -0.05) is 0 Å². The van der Waals surface area contributed by atoms with E-state index in [1.165, 1.54) is 0 Å². The molecule has 3 radical (unpaired) electrons. The van der Waals surface area contributed by atoms with Crippen molar-refractivity contribution >= 4 is 18.9 Å². The van der Waals surface area contributed by atoms with Crippen LogP contribution in [0, 0.1) is 0 Å². The van der Waals surface area contributed by atoms with Crippen LogP contribution >= 0.6 is 0 Å². The van der Waals surface area contributed by atoms with Gasteiger partial charge in [0.1, 0.15) is 0 Å². The minimum Gasteiger partial charge on any atom is 0 e. The number of hydrogen-bond acceptors (Lipinski definition) is 0. The van der Waals surface area contributed by atoms with Gasteiger partial charge in [-0.3, -0.25) is 0 Å². The SMILES string of the molecule is [Co].[Fe].[Li].[Mn]. The fourth-order valence-corrected chi connectivity index (χ4v) is 0. The average Bonchev–Trinajstić information content (AvgIpc) is 0. The molecule has 0 heterocycles. The first-order valence-electron chi connectivity index (χ1n) is 0. The summed E-state index contributed by atoms with van der Waals surface area (Å²) in [5.41, 5.74) is 0. The molecular formula is CoFeLiMn. The first-order chi connectivity index (χ1) is 0. The van der Waals surface area contributed by atoms with Crippen LogP contribution in [0.3, 0.4) is 0 Å². The molecule has 0 aromatic heterocycles. The Morgan fingerprint density at radius 1 is 1.00 bits per heavy atom. The zero-order chi connectivity index (χ0) is 0. The van der Waals surface area contributed by atoms with Crippen LogP contribution in [0.5, 0.6) is 0 Å². The zero-order valence-corrected chi connectivity index (χ0v) is 5.39. The molecule has 0 fully saturated rings. The van der Waals surface area contributed by atoms with Crippen molar-refractivity contribution in [3.8, 4) is 0 Å². The van der Waals surface area contributed by atoms with Gasteiger partial charge in [0.25, 0.3) is 0 Å². The summed E-state index contributed by atoms with van der Waals surface area (Å²) in [4.78, 5) is 0. The van der Waals surface area contributed by atoms with E-state index >= 15 is 0 Å². The van der Waals surface area contributed by atoms with Gasteiger partial charge in [-0.2, -0.15) is 0 Å². The molecule has 0 saturated carbocycles. The molecule has 0 aromatic carbocycles. The summed E-state index contributed by atoms with van der Waals surface area (Å²) in [5.74, 6) is 0. The topological polar surface area (TPSA) is 0 Å². The van der Waals surface area contributed by atoms with Crippen LogP contribution in [0.2, 0.25) is 0 Å². The third-order valence-corrected chi connectivity index (χ3v) is 0. The molecule has 0 aromatic rings. The van der Waals surface area contributed by atoms with Crippen molar-refractivity contribution in [2.45, 2.75) is 0 Å². The van der Waals surface area contributed by atoms with E-state index in [0.29, 0.717) is 0 Å². The van der Waals surface area contributed by atoms with Crippen molar-refractivity contribution < 1.29 is 50.9 Å². The smallest absolute Gasteiger partial charge is 0 e. The summed E-state index contributed by atoms with van der Waals surface area (Å²) in [7, 11) is 0. The summed E-state index contributed by atoms with van der Waals surface area (Å²) in [6, 6.07) is 0. The van der Waals surface area contributed by atoms with Crippen LogP contribution in [-0.4, -0.2) is 18.9 Å². The van der Waals surface area contributed by atoms with Gasteiger partial charge in [0.2, 0.25) is 0 Å². The van der Waals surface area contributed by atoms with Gasteiger partial charge in [-0.25, -0.2) is 0 Å². The van der Waals surface area contributed by atoms with Gasteiger partial charge in [0, 0.05) is 69.8 Å². The van der Waals surface area contributed by atoms with Gasteiger partial charge in [-0.15, -0.1) is 0 Å². The van der Waals surface area contributed by atoms with Crippen LogP contribution in [0.1, 0.15) is 0 Å². The van der Waals surface area contributed by atoms with E-state index in [0.717, 1.165) is 0 Å². The van der Waals surface area contributed by atoms with Crippen molar-refractivity contribution in [1.29, 1.82) is 0 Å². The van der Waals surface area contributed by atoms with Gasteiger partial charge in [0.15, 0.2) is 0 Å². The van der Waals surface area contributed by atoms with Gasteiger partial charge < -0.3 is 0 Å². The molecule has 0 spiro atoms. The Morgan fingerprint density at radius 2 is 1.00 bits per heavy atom. The van der Waals surface area contributed by atoms with Crippen molar-refractivity contribution in [2.24, 2.45) is 0 Å². The van der Waals surface area contributed by atoms with Crippen LogP contribution in [0.4, 0.5) is 0 Å². The fourth-order valence-electron chi connectivity index (χ4n) is 0. The van der Waals surface area contributed by atoms with E-state index < -0.39 is 0 Å². The molecule has 0 aliphatic heterocycles. The monoisotopic (exact) mass is 177 g/mol. The minimum absolute atomic E-state index is 0. The van der Waals surface area contributed by atoms with Crippen LogP contribution in [0.15, 0.2) is 0 Å². The van der Waals surface area contributed by atoms with E-state index in [-0.39, 0.29) is 69.8 Å². The first-order valence-corrected chi connectivity index (χ1v) is 0. The van der Waals surface area contributed by atoms with E-state index in [1.807, 2.05) is 0 Å². The maximum Gasteiger partial charge on any atom is 0 e. The second-order valence-corrected chi connectivity index (χ2v) is 0. The molecule has 4 heavy (non-hydrogen) atoms. The average molecular weight is 177 g/mol.